The third kappa shape index (κ3) is 8.21. The summed E-state index contributed by atoms with van der Waals surface area (Å²) in [7, 11) is -4.06. The van der Waals surface area contributed by atoms with Gasteiger partial charge in [0.05, 0.1) is 23.2 Å². The van der Waals surface area contributed by atoms with E-state index in [-0.39, 0.29) is 5.75 Å². The zero-order chi connectivity index (χ0) is 14.5. The maximum atomic E-state index is 10.5. The van der Waals surface area contributed by atoms with E-state index in [1.807, 2.05) is 0 Å². The molecule has 0 amide bonds. The fraction of sp³-hybridized carbons (Fsp3) is 0.923. The molecule has 1 heterocycles. The Kier molecular flexibility index (Phi) is 5.80. The van der Waals surface area contributed by atoms with Crippen LogP contribution in [0.1, 0.15) is 40.0 Å². The van der Waals surface area contributed by atoms with E-state index in [1.165, 1.54) is 12.8 Å². The lowest BCUT2D eigenvalue weighted by atomic mass is 9.90. The monoisotopic (exact) mass is 290 g/mol. The summed E-state index contributed by atoms with van der Waals surface area (Å²) in [5.74, 6) is -0.263. The Labute approximate surface area is 117 Å². The van der Waals surface area contributed by atoms with E-state index in [0.29, 0.717) is 18.4 Å². The van der Waals surface area contributed by atoms with E-state index >= 15 is 0 Å². The van der Waals surface area contributed by atoms with Crippen molar-refractivity contribution in [3.05, 3.63) is 0 Å². The molecule has 0 atom stereocenters. The summed E-state index contributed by atoms with van der Waals surface area (Å²) < 4.78 is 33.6. The minimum absolute atomic E-state index is 0.263. The third-order valence-electron chi connectivity index (χ3n) is 3.21. The summed E-state index contributed by atoms with van der Waals surface area (Å²) in [6, 6.07) is 0. The molecule has 0 aromatic rings. The molecule has 0 spiro atoms. The van der Waals surface area contributed by atoms with Gasteiger partial charge in [-0.15, -0.1) is 0 Å². The van der Waals surface area contributed by atoms with E-state index in [0.717, 1.165) is 19.6 Å². The number of hydrogen-bond donors (Lipinski definition) is 0. The van der Waals surface area contributed by atoms with Crippen molar-refractivity contribution in [2.24, 2.45) is 5.41 Å². The van der Waals surface area contributed by atoms with Crippen LogP contribution in [0.25, 0.3) is 0 Å². The molecule has 0 N–H and O–H groups in total. The molecule has 0 bridgehead atoms. The second kappa shape index (κ2) is 6.70. The topological polar surface area (TPSA) is 63.5 Å². The summed E-state index contributed by atoms with van der Waals surface area (Å²) >= 11 is 0. The maximum Gasteiger partial charge on any atom is 0.234 e. The number of nitrogens with zero attached hydrogens (tertiary/aromatic N) is 2. The Hall–Kier alpha value is -0.620. The molecule has 0 radical (unpaired) electrons. The number of hydrogen-bond acceptors (Lipinski definition) is 4. The first kappa shape index (κ1) is 16.4. The Bertz CT molecular complexity index is 410. The lowest BCUT2D eigenvalue weighted by Crippen LogP contribution is -2.22. The Morgan fingerprint density at radius 3 is 2.58 bits per heavy atom. The van der Waals surface area contributed by atoms with Crippen molar-refractivity contribution in [2.45, 2.75) is 40.0 Å². The minimum Gasteiger partial charge on any atom is -0.748 e. The first-order chi connectivity index (χ1) is 8.66. The molecule has 0 aromatic heterocycles. The molecular formula is C13H26N2O3S. The summed E-state index contributed by atoms with van der Waals surface area (Å²) in [4.78, 5) is 2.28. The van der Waals surface area contributed by atoms with Gasteiger partial charge in [0.25, 0.3) is 0 Å². The normalized spacial score (nSPS) is 16.8. The predicted molar refractivity (Wildman–Crippen MR) is 75.5 cm³/mol. The van der Waals surface area contributed by atoms with Gasteiger partial charge in [0, 0.05) is 5.75 Å². The van der Waals surface area contributed by atoms with Crippen molar-refractivity contribution in [1.29, 1.82) is 0 Å². The van der Waals surface area contributed by atoms with Crippen molar-refractivity contribution < 1.29 is 17.5 Å². The molecule has 0 aliphatic carbocycles. The van der Waals surface area contributed by atoms with Crippen LogP contribution in [-0.4, -0.2) is 60.7 Å². The first-order valence-corrected chi connectivity index (χ1v) is 8.50. The van der Waals surface area contributed by atoms with Crippen LogP contribution in [-0.2, 0) is 10.1 Å². The summed E-state index contributed by atoms with van der Waals surface area (Å²) in [5, 5.41) is 0. The van der Waals surface area contributed by atoms with Crippen LogP contribution < -0.4 is 0 Å². The van der Waals surface area contributed by atoms with Gasteiger partial charge in [-0.25, -0.2) is 8.42 Å². The van der Waals surface area contributed by atoms with Crippen molar-refractivity contribution in [2.75, 3.05) is 31.9 Å². The highest BCUT2D eigenvalue weighted by Gasteiger charge is 2.19. The van der Waals surface area contributed by atoms with E-state index < -0.39 is 10.1 Å². The molecule has 5 nitrogen and oxygen atoms in total. The largest absolute Gasteiger partial charge is 0.748 e. The molecule has 1 aliphatic rings. The van der Waals surface area contributed by atoms with Gasteiger partial charge in [-0.05, 0) is 24.7 Å². The van der Waals surface area contributed by atoms with Crippen LogP contribution in [0, 0.1) is 5.41 Å². The van der Waals surface area contributed by atoms with E-state index in [1.54, 1.807) is 0 Å². The molecule has 1 rings (SSSR count). The molecule has 0 unspecified atom stereocenters. The van der Waals surface area contributed by atoms with Crippen LogP contribution >= 0.6 is 0 Å². The lowest BCUT2D eigenvalue weighted by molar-refractivity contribution is -0.513. The van der Waals surface area contributed by atoms with Crippen molar-refractivity contribution in [1.82, 2.24) is 4.90 Å². The van der Waals surface area contributed by atoms with Crippen molar-refractivity contribution >= 4 is 16.5 Å². The number of rotatable bonds is 7. The van der Waals surface area contributed by atoms with Gasteiger partial charge >= 0.3 is 0 Å². The quantitative estimate of drug-likeness (QED) is 0.520. The molecule has 0 saturated heterocycles. The van der Waals surface area contributed by atoms with Gasteiger partial charge in [0.1, 0.15) is 13.1 Å². The fourth-order valence-corrected chi connectivity index (χ4v) is 2.68. The molecule has 19 heavy (non-hydrogen) atoms. The summed E-state index contributed by atoms with van der Waals surface area (Å²) in [6.45, 7) is 10.4. The average Bonchev–Trinajstić information content (AvgIpc) is 2.62. The highest BCUT2D eigenvalue weighted by Crippen LogP contribution is 2.20. The second-order valence-corrected chi connectivity index (χ2v) is 7.99. The van der Waals surface area contributed by atoms with Crippen LogP contribution in [0.4, 0.5) is 0 Å². The molecule has 112 valence electrons. The molecule has 0 fully saturated rings. The third-order valence-corrected chi connectivity index (χ3v) is 4.00. The SMILES string of the molecule is CC(C)(C)CCCN1C=[N+](CCCS(=O)(=O)[O-])CC1. The van der Waals surface area contributed by atoms with Gasteiger partial charge in [-0.1, -0.05) is 20.8 Å². The predicted octanol–water partition coefficient (Wildman–Crippen LogP) is 1.10. The second-order valence-electron chi connectivity index (χ2n) is 6.47. The molecule has 0 aromatic carbocycles. The van der Waals surface area contributed by atoms with Gasteiger partial charge in [-0.2, -0.15) is 0 Å². The fourth-order valence-electron chi connectivity index (χ4n) is 2.20. The van der Waals surface area contributed by atoms with Crippen LogP contribution in [0.5, 0.6) is 0 Å². The summed E-state index contributed by atoms with van der Waals surface area (Å²) in [5.41, 5.74) is 0.377. The van der Waals surface area contributed by atoms with Gasteiger partial charge in [0.2, 0.25) is 6.34 Å². The standard InChI is InChI=1S/C13H26N2O3S/c1-13(2,3)6-4-7-14-9-10-15(12-14)8-5-11-19(16,17)18/h12H,4-11H2,1-3H3. The molecule has 1 aliphatic heterocycles. The summed E-state index contributed by atoms with van der Waals surface area (Å²) in [6.07, 6.45) is 4.85. The zero-order valence-corrected chi connectivity index (χ0v) is 13.1. The highest BCUT2D eigenvalue weighted by molar-refractivity contribution is 7.85. The first-order valence-electron chi connectivity index (χ1n) is 6.92. The Morgan fingerprint density at radius 2 is 2.00 bits per heavy atom. The van der Waals surface area contributed by atoms with Crippen LogP contribution in [0.15, 0.2) is 0 Å². The molecule has 0 saturated carbocycles. The molecule has 6 heteroatoms. The maximum absolute atomic E-state index is 10.5. The van der Waals surface area contributed by atoms with E-state index in [4.69, 9.17) is 0 Å². The van der Waals surface area contributed by atoms with E-state index in [2.05, 4.69) is 36.6 Å². The van der Waals surface area contributed by atoms with Crippen LogP contribution in [0.3, 0.4) is 0 Å². The smallest absolute Gasteiger partial charge is 0.234 e. The van der Waals surface area contributed by atoms with Crippen molar-refractivity contribution in [3.8, 4) is 0 Å². The van der Waals surface area contributed by atoms with E-state index in [9.17, 15) is 13.0 Å². The van der Waals surface area contributed by atoms with Crippen molar-refractivity contribution in [3.63, 3.8) is 0 Å². The molecular weight excluding hydrogens is 264 g/mol. The highest BCUT2D eigenvalue weighted by atomic mass is 32.2. The van der Waals surface area contributed by atoms with Crippen LogP contribution in [0.2, 0.25) is 0 Å². The average molecular weight is 290 g/mol. The lowest BCUT2D eigenvalue weighted by Gasteiger charge is -2.18. The Balaban J connectivity index is 2.23. The zero-order valence-electron chi connectivity index (χ0n) is 12.3. The van der Waals surface area contributed by atoms with Gasteiger partial charge in [0.15, 0.2) is 0 Å². The minimum atomic E-state index is -4.06. The van der Waals surface area contributed by atoms with Gasteiger partial charge in [-0.3, -0.25) is 9.48 Å². The van der Waals surface area contributed by atoms with Gasteiger partial charge < -0.3 is 4.55 Å². The Morgan fingerprint density at radius 1 is 1.32 bits per heavy atom.